The van der Waals surface area contributed by atoms with Gasteiger partial charge in [0.15, 0.2) is 0 Å². The average Bonchev–Trinajstić information content (AvgIpc) is 3.69. The van der Waals surface area contributed by atoms with Gasteiger partial charge >= 0.3 is 0 Å². The van der Waals surface area contributed by atoms with Crippen LogP contribution in [-0.4, -0.2) is 12.3 Å². The number of allylic oxidation sites excluding steroid dienone is 6. The standard InChI is InChI=1S/C40H36P2/c1-27-35(41-25-39(27,3)33(29-17-9-5-10-18-29)37(41)31-21-13-7-14-22-31)36-28(2)40(4)26-42(36)38(32-23-15-8-16-24-32)34(40)30-19-11-6-12-20-30/h5-24H,25-26H2,1-4H3. The summed E-state index contributed by atoms with van der Waals surface area (Å²) in [7, 11) is -0.912. The summed E-state index contributed by atoms with van der Waals surface area (Å²) in [6, 6.07) is 45.1. The molecule has 2 heteroatoms. The van der Waals surface area contributed by atoms with Crippen molar-refractivity contribution in [3.63, 3.8) is 0 Å². The zero-order valence-electron chi connectivity index (χ0n) is 24.9. The Labute approximate surface area is 253 Å². The highest BCUT2D eigenvalue weighted by atomic mass is 31.1. The quantitative estimate of drug-likeness (QED) is 0.207. The van der Waals surface area contributed by atoms with Crippen LogP contribution in [0.1, 0.15) is 49.9 Å². The van der Waals surface area contributed by atoms with Gasteiger partial charge in [-0.1, -0.05) is 146 Å². The lowest BCUT2D eigenvalue weighted by Gasteiger charge is -2.36. The fraction of sp³-hybridized carbons (Fsp3) is 0.200. The fourth-order valence-electron chi connectivity index (χ4n) is 8.19. The third-order valence-corrected chi connectivity index (χ3v) is 16.7. The molecule has 0 nitrogen and oxygen atoms in total. The number of benzene rings is 4. The fourth-order valence-corrected chi connectivity index (χ4v) is 16.4. The lowest BCUT2D eigenvalue weighted by molar-refractivity contribution is 0.623. The van der Waals surface area contributed by atoms with Crippen LogP contribution in [0.15, 0.2) is 143 Å². The molecule has 206 valence electrons. The zero-order valence-corrected chi connectivity index (χ0v) is 26.6. The van der Waals surface area contributed by atoms with Crippen LogP contribution >= 0.6 is 15.8 Å². The van der Waals surface area contributed by atoms with Gasteiger partial charge in [0.2, 0.25) is 0 Å². The first-order valence-corrected chi connectivity index (χ1v) is 18.2. The maximum absolute atomic E-state index is 2.55. The maximum Gasteiger partial charge on any atom is 0.0198 e. The van der Waals surface area contributed by atoms with Crippen LogP contribution in [0.5, 0.6) is 0 Å². The van der Waals surface area contributed by atoms with Crippen molar-refractivity contribution in [3.8, 4) is 0 Å². The molecule has 42 heavy (non-hydrogen) atoms. The second-order valence-corrected chi connectivity index (χ2v) is 16.8. The molecule has 0 saturated heterocycles. The molecule has 4 aliphatic rings. The number of fused-ring (bicyclic) bond motifs is 4. The lowest BCUT2D eigenvalue weighted by Crippen LogP contribution is -2.20. The van der Waals surface area contributed by atoms with Crippen LogP contribution in [0, 0.1) is 10.8 Å². The Morgan fingerprint density at radius 2 is 0.690 bits per heavy atom. The molecule has 0 aliphatic carbocycles. The lowest BCUT2D eigenvalue weighted by atomic mass is 9.72. The first kappa shape index (κ1) is 26.3. The van der Waals surface area contributed by atoms with E-state index in [9.17, 15) is 0 Å². The summed E-state index contributed by atoms with van der Waals surface area (Å²) in [5, 5.41) is 6.72. The van der Waals surface area contributed by atoms with Crippen LogP contribution in [0.4, 0.5) is 0 Å². The summed E-state index contributed by atoms with van der Waals surface area (Å²) >= 11 is 0. The van der Waals surface area contributed by atoms with E-state index >= 15 is 0 Å². The molecule has 0 spiro atoms. The number of hydrogen-bond acceptors (Lipinski definition) is 0. The minimum absolute atomic E-state index is 0.0684. The summed E-state index contributed by atoms with van der Waals surface area (Å²) in [5.41, 5.74) is 12.2. The highest BCUT2D eigenvalue weighted by molar-refractivity contribution is 7.79. The van der Waals surface area contributed by atoms with Crippen molar-refractivity contribution in [2.75, 3.05) is 12.3 Å². The van der Waals surface area contributed by atoms with E-state index in [1.165, 1.54) is 34.6 Å². The van der Waals surface area contributed by atoms with Crippen molar-refractivity contribution < 1.29 is 0 Å². The Morgan fingerprint density at radius 3 is 1.00 bits per heavy atom. The third kappa shape index (κ3) is 3.56. The second kappa shape index (κ2) is 9.61. The van der Waals surface area contributed by atoms with Gasteiger partial charge in [0, 0.05) is 10.8 Å². The third-order valence-electron chi connectivity index (χ3n) is 10.4. The highest BCUT2D eigenvalue weighted by Gasteiger charge is 2.58. The van der Waals surface area contributed by atoms with Gasteiger partial charge in [0.1, 0.15) is 0 Å². The first-order chi connectivity index (χ1) is 20.4. The van der Waals surface area contributed by atoms with E-state index in [-0.39, 0.29) is 10.8 Å². The van der Waals surface area contributed by atoms with Gasteiger partial charge in [-0.05, 0) is 96.7 Å². The molecule has 4 unspecified atom stereocenters. The molecule has 4 heterocycles. The van der Waals surface area contributed by atoms with Gasteiger partial charge in [0.05, 0.1) is 0 Å². The van der Waals surface area contributed by atoms with E-state index in [4.69, 9.17) is 0 Å². The van der Waals surface area contributed by atoms with Gasteiger partial charge in [-0.2, -0.15) is 0 Å². The largest absolute Gasteiger partial charge is 0.0622 e. The van der Waals surface area contributed by atoms with E-state index in [0.29, 0.717) is 0 Å². The predicted molar refractivity (Wildman–Crippen MR) is 185 cm³/mol. The molecule has 0 saturated carbocycles. The average molecular weight is 579 g/mol. The second-order valence-electron chi connectivity index (χ2n) is 12.7. The Kier molecular flexibility index (Phi) is 6.02. The molecule has 4 bridgehead atoms. The summed E-state index contributed by atoms with van der Waals surface area (Å²) in [6.07, 6.45) is 2.48. The van der Waals surface area contributed by atoms with Crippen molar-refractivity contribution in [1.82, 2.24) is 0 Å². The van der Waals surface area contributed by atoms with Gasteiger partial charge in [-0.3, -0.25) is 0 Å². The van der Waals surface area contributed by atoms with E-state index in [0.717, 1.165) is 0 Å². The number of hydrogen-bond donors (Lipinski definition) is 0. The molecule has 0 N–H and O–H groups in total. The molecule has 0 aromatic heterocycles. The summed E-state index contributed by atoms with van der Waals surface area (Å²) in [4.78, 5) is 0. The Balaban J connectivity index is 1.34. The Bertz CT molecular complexity index is 1710. The van der Waals surface area contributed by atoms with Crippen LogP contribution in [0.2, 0.25) is 0 Å². The molecule has 0 radical (unpaired) electrons. The topological polar surface area (TPSA) is 0 Å². The van der Waals surface area contributed by atoms with Gasteiger partial charge < -0.3 is 0 Å². The SMILES string of the molecule is CC1=C(C2=C(C)C3(C)CP2C(c2ccccc2)=C3c2ccccc2)P2CC1(C)C(c1ccccc1)=C2c1ccccc1. The normalized spacial score (nSPS) is 28.1. The van der Waals surface area contributed by atoms with Crippen LogP contribution in [-0.2, 0) is 0 Å². The Morgan fingerprint density at radius 1 is 0.405 bits per heavy atom. The number of rotatable bonds is 5. The van der Waals surface area contributed by atoms with Crippen molar-refractivity contribution in [3.05, 3.63) is 165 Å². The summed E-state index contributed by atoms with van der Waals surface area (Å²) < 4.78 is 0. The smallest absolute Gasteiger partial charge is 0.0198 e. The van der Waals surface area contributed by atoms with Crippen LogP contribution in [0.3, 0.4) is 0 Å². The molecular formula is C40H36P2. The predicted octanol–water partition coefficient (Wildman–Crippen LogP) is 11.7. The first-order valence-electron chi connectivity index (χ1n) is 15.1. The van der Waals surface area contributed by atoms with Gasteiger partial charge in [0.25, 0.3) is 0 Å². The highest BCUT2D eigenvalue weighted by Crippen LogP contribution is 2.87. The molecule has 4 aromatic rings. The molecule has 4 aromatic carbocycles. The van der Waals surface area contributed by atoms with Crippen molar-refractivity contribution in [1.29, 1.82) is 0 Å². The molecule has 4 atom stereocenters. The molecular weight excluding hydrogens is 542 g/mol. The van der Waals surface area contributed by atoms with E-state index in [2.05, 4.69) is 149 Å². The zero-order chi connectivity index (χ0) is 28.6. The van der Waals surface area contributed by atoms with Gasteiger partial charge in [-0.15, -0.1) is 0 Å². The Hall–Kier alpha value is -3.30. The maximum atomic E-state index is 2.55. The summed E-state index contributed by atoms with van der Waals surface area (Å²) in [5.74, 6) is 0. The minimum atomic E-state index is -0.456. The van der Waals surface area contributed by atoms with Crippen molar-refractivity contribution in [2.24, 2.45) is 10.8 Å². The molecule has 0 fully saturated rings. The van der Waals surface area contributed by atoms with Gasteiger partial charge in [-0.25, -0.2) is 0 Å². The monoisotopic (exact) mass is 578 g/mol. The molecule has 4 aliphatic heterocycles. The van der Waals surface area contributed by atoms with E-state index in [1.807, 2.05) is 0 Å². The van der Waals surface area contributed by atoms with Crippen molar-refractivity contribution in [2.45, 2.75) is 27.7 Å². The molecule has 0 amide bonds. The minimum Gasteiger partial charge on any atom is -0.0622 e. The van der Waals surface area contributed by atoms with Crippen molar-refractivity contribution >= 4 is 37.6 Å². The van der Waals surface area contributed by atoms with E-state index in [1.54, 1.807) is 43.5 Å². The van der Waals surface area contributed by atoms with Crippen LogP contribution in [0.25, 0.3) is 21.8 Å². The molecule has 8 rings (SSSR count). The van der Waals surface area contributed by atoms with Crippen LogP contribution < -0.4 is 0 Å². The van der Waals surface area contributed by atoms with E-state index < -0.39 is 15.8 Å². The summed E-state index contributed by atoms with van der Waals surface area (Å²) in [6.45, 7) is 10.1.